The zero-order valence-corrected chi connectivity index (χ0v) is 8.64. The van der Waals surface area contributed by atoms with Crippen LogP contribution >= 0.6 is 0 Å². The van der Waals surface area contributed by atoms with E-state index < -0.39 is 12.9 Å². The second-order valence-electron chi connectivity index (χ2n) is 3.25. The van der Waals surface area contributed by atoms with Crippen molar-refractivity contribution in [2.24, 2.45) is 0 Å². The summed E-state index contributed by atoms with van der Waals surface area (Å²) in [5, 5.41) is 17.7. The molecule has 1 aromatic rings. The van der Waals surface area contributed by atoms with Crippen LogP contribution in [0.15, 0.2) is 12.3 Å². The fraction of sp³-hybridized carbons (Fsp3) is 0.444. The zero-order chi connectivity index (χ0) is 11.4. The van der Waals surface area contributed by atoms with Crippen LogP contribution in [-0.2, 0) is 0 Å². The predicted octanol–water partition coefficient (Wildman–Crippen LogP) is 0.0778. The first kappa shape index (κ1) is 11.9. The summed E-state index contributed by atoms with van der Waals surface area (Å²) in [6, 6.07) is 1.19. The van der Waals surface area contributed by atoms with E-state index in [1.54, 1.807) is 0 Å². The average Bonchev–Trinajstić information content (AvgIpc) is 2.20. The van der Waals surface area contributed by atoms with Crippen molar-refractivity contribution in [1.82, 2.24) is 4.98 Å². The first-order chi connectivity index (χ1) is 7.04. The smallest absolute Gasteiger partial charge is 0.475 e. The minimum Gasteiger partial charge on any atom is -0.475 e. The summed E-state index contributed by atoms with van der Waals surface area (Å²) in [7, 11) is -1.85. The van der Waals surface area contributed by atoms with Gasteiger partial charge in [0.25, 0.3) is 0 Å². The summed E-state index contributed by atoms with van der Waals surface area (Å²) in [6.07, 6.45) is 1.65. The van der Waals surface area contributed by atoms with Gasteiger partial charge in [0.15, 0.2) is 0 Å². The van der Waals surface area contributed by atoms with Crippen LogP contribution in [0.5, 0.6) is 5.88 Å². The number of hydrogen-bond acceptors (Lipinski definition) is 4. The molecule has 0 saturated heterocycles. The van der Waals surface area contributed by atoms with E-state index in [4.69, 9.17) is 14.8 Å². The molecule has 2 N–H and O–H groups in total. The maximum absolute atomic E-state index is 13.0. The molecule has 0 aliphatic rings. The van der Waals surface area contributed by atoms with Gasteiger partial charge in [-0.2, -0.15) is 0 Å². The maximum atomic E-state index is 13.0. The highest BCUT2D eigenvalue weighted by molar-refractivity contribution is 6.58. The minimum absolute atomic E-state index is 0.0494. The standard InChI is InChI=1S/C9H13BFNO3/c1-3-6(2)15-9-4-7(10(13)14)8(11)5-12-9/h4-6,13-14H,3H2,1-2H3/t6-/m0/s1. The molecule has 0 bridgehead atoms. The van der Waals surface area contributed by atoms with Gasteiger partial charge in [-0.3, -0.25) is 0 Å². The monoisotopic (exact) mass is 213 g/mol. The number of hydrogen-bond donors (Lipinski definition) is 2. The topological polar surface area (TPSA) is 62.6 Å². The van der Waals surface area contributed by atoms with Gasteiger partial charge in [0.1, 0.15) is 5.82 Å². The molecular formula is C9H13BFNO3. The van der Waals surface area contributed by atoms with Gasteiger partial charge in [0, 0.05) is 11.5 Å². The van der Waals surface area contributed by atoms with Gasteiger partial charge in [-0.15, -0.1) is 0 Å². The molecule has 0 amide bonds. The van der Waals surface area contributed by atoms with Crippen LogP contribution in [0.2, 0.25) is 0 Å². The van der Waals surface area contributed by atoms with Crippen LogP contribution in [0.4, 0.5) is 4.39 Å². The minimum atomic E-state index is -1.85. The lowest BCUT2D eigenvalue weighted by molar-refractivity contribution is 0.208. The molecule has 0 aliphatic heterocycles. The third-order valence-corrected chi connectivity index (χ3v) is 2.03. The van der Waals surface area contributed by atoms with Crippen LogP contribution in [0, 0.1) is 5.82 Å². The maximum Gasteiger partial charge on any atom is 0.491 e. The Kier molecular flexibility index (Phi) is 4.05. The Morgan fingerprint density at radius 3 is 2.80 bits per heavy atom. The highest BCUT2D eigenvalue weighted by Gasteiger charge is 2.18. The number of halogens is 1. The van der Waals surface area contributed by atoms with Crippen molar-refractivity contribution >= 4 is 12.6 Å². The van der Waals surface area contributed by atoms with Crippen molar-refractivity contribution in [1.29, 1.82) is 0 Å². The second-order valence-corrected chi connectivity index (χ2v) is 3.25. The molecule has 6 heteroatoms. The number of ether oxygens (including phenoxy) is 1. The van der Waals surface area contributed by atoms with Crippen LogP contribution in [0.25, 0.3) is 0 Å². The van der Waals surface area contributed by atoms with E-state index in [1.165, 1.54) is 6.07 Å². The number of aromatic nitrogens is 1. The van der Waals surface area contributed by atoms with E-state index in [2.05, 4.69) is 4.98 Å². The molecular weight excluding hydrogens is 200 g/mol. The van der Waals surface area contributed by atoms with Crippen molar-refractivity contribution in [3.63, 3.8) is 0 Å². The highest BCUT2D eigenvalue weighted by Crippen LogP contribution is 2.09. The first-order valence-corrected chi connectivity index (χ1v) is 4.72. The summed E-state index contributed by atoms with van der Waals surface area (Å²) in [6.45, 7) is 3.79. The molecule has 1 heterocycles. The van der Waals surface area contributed by atoms with Crippen molar-refractivity contribution in [3.8, 4) is 5.88 Å². The lowest BCUT2D eigenvalue weighted by Gasteiger charge is -2.12. The van der Waals surface area contributed by atoms with E-state index in [-0.39, 0.29) is 17.4 Å². The summed E-state index contributed by atoms with van der Waals surface area (Å²) < 4.78 is 18.3. The lowest BCUT2D eigenvalue weighted by Crippen LogP contribution is -2.33. The van der Waals surface area contributed by atoms with E-state index in [0.717, 1.165) is 12.6 Å². The Morgan fingerprint density at radius 1 is 1.60 bits per heavy atom. The van der Waals surface area contributed by atoms with Crippen LogP contribution in [0.1, 0.15) is 20.3 Å². The molecule has 0 saturated carbocycles. The van der Waals surface area contributed by atoms with Gasteiger partial charge >= 0.3 is 7.12 Å². The summed E-state index contributed by atoms with van der Waals surface area (Å²) in [5.41, 5.74) is -0.233. The Labute approximate surface area is 87.9 Å². The quantitative estimate of drug-likeness (QED) is 0.695. The van der Waals surface area contributed by atoms with Crippen LogP contribution in [-0.4, -0.2) is 28.3 Å². The van der Waals surface area contributed by atoms with E-state index in [9.17, 15) is 4.39 Å². The summed E-state index contributed by atoms with van der Waals surface area (Å²) in [5.74, 6) is -0.574. The summed E-state index contributed by atoms with van der Waals surface area (Å²) >= 11 is 0. The molecule has 1 atom stereocenters. The van der Waals surface area contributed by atoms with E-state index in [1.807, 2.05) is 13.8 Å². The molecule has 4 nitrogen and oxygen atoms in total. The van der Waals surface area contributed by atoms with Gasteiger partial charge in [0.2, 0.25) is 5.88 Å². The van der Waals surface area contributed by atoms with Gasteiger partial charge in [-0.1, -0.05) is 6.92 Å². The van der Waals surface area contributed by atoms with Crippen molar-refractivity contribution in [3.05, 3.63) is 18.1 Å². The molecule has 1 aromatic heterocycles. The summed E-state index contributed by atoms with van der Waals surface area (Å²) in [4.78, 5) is 3.69. The highest BCUT2D eigenvalue weighted by atomic mass is 19.1. The van der Waals surface area contributed by atoms with Gasteiger partial charge < -0.3 is 14.8 Å². The molecule has 0 unspecified atom stereocenters. The van der Waals surface area contributed by atoms with Crippen molar-refractivity contribution in [2.45, 2.75) is 26.4 Å². The third kappa shape index (κ3) is 3.18. The molecule has 1 rings (SSSR count). The van der Waals surface area contributed by atoms with Crippen molar-refractivity contribution in [2.75, 3.05) is 0 Å². The Balaban J connectivity index is 2.87. The van der Waals surface area contributed by atoms with Crippen molar-refractivity contribution < 1.29 is 19.2 Å². The average molecular weight is 213 g/mol. The van der Waals surface area contributed by atoms with Crippen LogP contribution in [0.3, 0.4) is 0 Å². The molecule has 0 spiro atoms. The molecule has 15 heavy (non-hydrogen) atoms. The van der Waals surface area contributed by atoms with Crippen LogP contribution < -0.4 is 10.2 Å². The first-order valence-electron chi connectivity index (χ1n) is 4.72. The number of rotatable bonds is 4. The normalized spacial score (nSPS) is 12.3. The Bertz CT molecular complexity index is 335. The molecule has 0 aromatic carbocycles. The molecule has 0 radical (unpaired) electrons. The van der Waals surface area contributed by atoms with Gasteiger partial charge in [-0.25, -0.2) is 9.37 Å². The fourth-order valence-corrected chi connectivity index (χ4v) is 0.986. The Morgan fingerprint density at radius 2 is 2.27 bits per heavy atom. The predicted molar refractivity (Wildman–Crippen MR) is 54.4 cm³/mol. The van der Waals surface area contributed by atoms with Gasteiger partial charge in [0.05, 0.1) is 12.3 Å². The second kappa shape index (κ2) is 5.09. The number of nitrogens with zero attached hydrogens (tertiary/aromatic N) is 1. The molecule has 0 aliphatic carbocycles. The lowest BCUT2D eigenvalue weighted by atomic mass is 9.80. The Hall–Kier alpha value is -1.14. The SMILES string of the molecule is CC[C@H](C)Oc1cc(B(O)O)c(F)cn1. The van der Waals surface area contributed by atoms with E-state index >= 15 is 0 Å². The zero-order valence-electron chi connectivity index (χ0n) is 8.64. The fourth-order valence-electron chi connectivity index (χ4n) is 0.986. The third-order valence-electron chi connectivity index (χ3n) is 2.03. The number of pyridine rings is 1. The van der Waals surface area contributed by atoms with Gasteiger partial charge in [-0.05, 0) is 13.3 Å². The van der Waals surface area contributed by atoms with E-state index in [0.29, 0.717) is 0 Å². The molecule has 82 valence electrons. The molecule has 0 fully saturated rings. The largest absolute Gasteiger partial charge is 0.491 e.